The molecule has 2 aliphatic heterocycles. The Bertz CT molecular complexity index is 164. The Morgan fingerprint density at radius 1 is 0.471 bits per heavy atom. The minimum absolute atomic E-state index is 0. The smallest absolute Gasteiger partial charge is 0.0782 e. The summed E-state index contributed by atoms with van der Waals surface area (Å²) in [6, 6.07) is 0. The van der Waals surface area contributed by atoms with E-state index in [9.17, 15) is 0 Å². The van der Waals surface area contributed by atoms with Gasteiger partial charge in [-0.1, -0.05) is 0 Å². The standard InChI is InChI=1S/2C7H16N.ClH/c2*1-8(2)6-4-3-5-7-8;/h2*3-7H2,1-2H3;1H/q2*+1;. The molecule has 0 atom stereocenters. The molecule has 0 amide bonds. The van der Waals surface area contributed by atoms with Gasteiger partial charge in [-0.2, -0.15) is 0 Å². The third-order valence-electron chi connectivity index (χ3n) is 4.05. The monoisotopic (exact) mass is 264 g/mol. The van der Waals surface area contributed by atoms with E-state index in [-0.39, 0.29) is 12.4 Å². The zero-order valence-corrected chi connectivity index (χ0v) is 13.2. The lowest BCUT2D eigenvalue weighted by Gasteiger charge is -2.33. The highest BCUT2D eigenvalue weighted by atomic mass is 35.5. The van der Waals surface area contributed by atoms with E-state index in [2.05, 4.69) is 28.2 Å². The van der Waals surface area contributed by atoms with Crippen molar-refractivity contribution in [2.24, 2.45) is 0 Å². The third kappa shape index (κ3) is 8.01. The second-order valence-electron chi connectivity index (χ2n) is 6.89. The summed E-state index contributed by atoms with van der Waals surface area (Å²) in [5, 5.41) is 0. The van der Waals surface area contributed by atoms with Crippen molar-refractivity contribution >= 4 is 12.4 Å². The molecule has 0 aliphatic carbocycles. The van der Waals surface area contributed by atoms with Gasteiger partial charge >= 0.3 is 0 Å². The topological polar surface area (TPSA) is 0 Å². The van der Waals surface area contributed by atoms with Crippen molar-refractivity contribution in [2.75, 3.05) is 54.4 Å². The average molecular weight is 265 g/mol. The maximum atomic E-state index is 2.32. The molecule has 2 rings (SSSR count). The number of rotatable bonds is 0. The first-order valence-corrected chi connectivity index (χ1v) is 7.05. The molecule has 2 heterocycles. The molecular formula is C14H33ClN2+2. The predicted octanol–water partition coefficient (Wildman–Crippen LogP) is 2.92. The van der Waals surface area contributed by atoms with E-state index in [0.29, 0.717) is 0 Å². The van der Waals surface area contributed by atoms with Gasteiger partial charge < -0.3 is 8.97 Å². The Hall–Kier alpha value is 0.210. The van der Waals surface area contributed by atoms with Crippen LogP contribution in [-0.2, 0) is 0 Å². The van der Waals surface area contributed by atoms with Gasteiger partial charge in [-0.15, -0.1) is 12.4 Å². The van der Waals surface area contributed by atoms with Gasteiger partial charge in [-0.25, -0.2) is 0 Å². The molecule has 0 saturated carbocycles. The van der Waals surface area contributed by atoms with Crippen LogP contribution < -0.4 is 0 Å². The van der Waals surface area contributed by atoms with Crippen LogP contribution >= 0.6 is 12.4 Å². The van der Waals surface area contributed by atoms with Crippen LogP contribution in [0.25, 0.3) is 0 Å². The van der Waals surface area contributed by atoms with Crippen LogP contribution in [0, 0.1) is 0 Å². The van der Waals surface area contributed by atoms with Gasteiger partial charge in [0.2, 0.25) is 0 Å². The summed E-state index contributed by atoms with van der Waals surface area (Å²) in [6.45, 7) is 5.56. The van der Waals surface area contributed by atoms with Crippen LogP contribution in [0.2, 0.25) is 0 Å². The SMILES string of the molecule is C[N+]1(C)CCCCC1.C[N+]1(C)CCCCC1.Cl. The number of hydrogen-bond acceptors (Lipinski definition) is 0. The first-order valence-electron chi connectivity index (χ1n) is 7.05. The molecule has 0 aromatic rings. The van der Waals surface area contributed by atoms with Crippen LogP contribution in [0.5, 0.6) is 0 Å². The van der Waals surface area contributed by atoms with E-state index in [4.69, 9.17) is 0 Å². The molecule has 3 heteroatoms. The van der Waals surface area contributed by atoms with Crippen LogP contribution in [-0.4, -0.2) is 63.3 Å². The number of likely N-dealkylation sites (tertiary alicyclic amines) is 2. The molecule has 0 aromatic heterocycles. The molecular weight excluding hydrogens is 232 g/mol. The Labute approximate surface area is 115 Å². The van der Waals surface area contributed by atoms with Crippen LogP contribution in [0.3, 0.4) is 0 Å². The second-order valence-corrected chi connectivity index (χ2v) is 6.89. The van der Waals surface area contributed by atoms with Gasteiger partial charge in [0, 0.05) is 0 Å². The van der Waals surface area contributed by atoms with Gasteiger partial charge in [0.05, 0.1) is 54.4 Å². The van der Waals surface area contributed by atoms with Gasteiger partial charge in [0.25, 0.3) is 0 Å². The van der Waals surface area contributed by atoms with E-state index < -0.39 is 0 Å². The maximum Gasteiger partial charge on any atom is 0.0782 e. The second kappa shape index (κ2) is 7.60. The first-order chi connectivity index (χ1) is 7.41. The minimum Gasteiger partial charge on any atom is -0.328 e. The number of hydrogen-bond donors (Lipinski definition) is 0. The van der Waals surface area contributed by atoms with E-state index in [1.54, 1.807) is 0 Å². The molecule has 0 unspecified atom stereocenters. The summed E-state index contributed by atoms with van der Waals surface area (Å²) in [7, 11) is 9.27. The molecule has 0 aromatic carbocycles. The zero-order valence-electron chi connectivity index (χ0n) is 12.4. The zero-order chi connectivity index (χ0) is 12.1. The van der Waals surface area contributed by atoms with Crippen LogP contribution in [0.15, 0.2) is 0 Å². The van der Waals surface area contributed by atoms with Gasteiger partial charge in [-0.3, -0.25) is 0 Å². The van der Waals surface area contributed by atoms with Crippen molar-refractivity contribution in [2.45, 2.75) is 38.5 Å². The number of nitrogens with zero attached hydrogens (tertiary/aromatic N) is 2. The average Bonchev–Trinajstić information content (AvgIpc) is 2.17. The summed E-state index contributed by atoms with van der Waals surface area (Å²) < 4.78 is 2.50. The highest BCUT2D eigenvalue weighted by molar-refractivity contribution is 5.85. The fourth-order valence-electron chi connectivity index (χ4n) is 2.74. The molecule has 2 fully saturated rings. The van der Waals surface area contributed by atoms with Crippen molar-refractivity contribution in [3.63, 3.8) is 0 Å². The van der Waals surface area contributed by atoms with E-state index in [0.717, 1.165) is 0 Å². The first kappa shape index (κ1) is 17.2. The lowest BCUT2D eigenvalue weighted by molar-refractivity contribution is -0.894. The Morgan fingerprint density at radius 2 is 0.706 bits per heavy atom. The highest BCUT2D eigenvalue weighted by Crippen LogP contribution is 2.12. The summed E-state index contributed by atoms with van der Waals surface area (Å²) >= 11 is 0. The molecule has 0 spiro atoms. The summed E-state index contributed by atoms with van der Waals surface area (Å²) in [6.07, 6.45) is 8.67. The fraction of sp³-hybridized carbons (Fsp3) is 1.00. The largest absolute Gasteiger partial charge is 0.328 e. The Morgan fingerprint density at radius 3 is 0.824 bits per heavy atom. The Balaban J connectivity index is 0.000000284. The van der Waals surface area contributed by atoms with E-state index >= 15 is 0 Å². The lowest BCUT2D eigenvalue weighted by Crippen LogP contribution is -2.43. The number of halogens is 1. The van der Waals surface area contributed by atoms with Gasteiger partial charge in [0.15, 0.2) is 0 Å². The molecule has 0 N–H and O–H groups in total. The molecule has 17 heavy (non-hydrogen) atoms. The van der Waals surface area contributed by atoms with E-state index in [1.807, 2.05) is 0 Å². The van der Waals surface area contributed by atoms with Gasteiger partial charge in [-0.05, 0) is 38.5 Å². The maximum absolute atomic E-state index is 2.32. The van der Waals surface area contributed by atoms with Crippen LogP contribution in [0.1, 0.15) is 38.5 Å². The minimum atomic E-state index is 0. The summed E-state index contributed by atoms with van der Waals surface area (Å²) in [4.78, 5) is 0. The summed E-state index contributed by atoms with van der Waals surface area (Å²) in [5.41, 5.74) is 0. The highest BCUT2D eigenvalue weighted by Gasteiger charge is 2.18. The fourth-order valence-corrected chi connectivity index (χ4v) is 2.74. The van der Waals surface area contributed by atoms with Crippen molar-refractivity contribution in [1.29, 1.82) is 0 Å². The van der Waals surface area contributed by atoms with Crippen LogP contribution in [0.4, 0.5) is 0 Å². The Kier molecular flexibility index (Phi) is 7.70. The molecule has 0 bridgehead atoms. The van der Waals surface area contributed by atoms with E-state index in [1.165, 1.54) is 73.7 Å². The molecule has 2 aliphatic rings. The molecule has 104 valence electrons. The third-order valence-corrected chi connectivity index (χ3v) is 4.05. The molecule has 2 saturated heterocycles. The van der Waals surface area contributed by atoms with Crippen molar-refractivity contribution in [3.8, 4) is 0 Å². The molecule has 0 radical (unpaired) electrons. The quantitative estimate of drug-likeness (QED) is 0.591. The normalized spacial score (nSPS) is 26.1. The summed E-state index contributed by atoms with van der Waals surface area (Å²) in [5.74, 6) is 0. The van der Waals surface area contributed by atoms with Crippen molar-refractivity contribution in [3.05, 3.63) is 0 Å². The number of piperidine rings is 2. The number of quaternary nitrogens is 2. The molecule has 2 nitrogen and oxygen atoms in total. The lowest BCUT2D eigenvalue weighted by atomic mass is 10.1. The van der Waals surface area contributed by atoms with Crippen molar-refractivity contribution < 1.29 is 8.97 Å². The predicted molar refractivity (Wildman–Crippen MR) is 78.6 cm³/mol. The van der Waals surface area contributed by atoms with Gasteiger partial charge in [0.1, 0.15) is 0 Å². The van der Waals surface area contributed by atoms with Crippen molar-refractivity contribution in [1.82, 2.24) is 0 Å².